The SMILES string of the molecule is C#C/C(C)=C\N(C(=C)C(C)C)/C(C)=C\C. The van der Waals surface area contributed by atoms with Gasteiger partial charge in [0.1, 0.15) is 0 Å². The summed E-state index contributed by atoms with van der Waals surface area (Å²) in [6.45, 7) is 14.3. The molecule has 0 unspecified atom stereocenters. The summed E-state index contributed by atoms with van der Waals surface area (Å²) in [7, 11) is 0. The zero-order chi connectivity index (χ0) is 12.0. The van der Waals surface area contributed by atoms with Gasteiger partial charge in [0.15, 0.2) is 0 Å². The normalized spacial score (nSPS) is 12.6. The van der Waals surface area contributed by atoms with E-state index in [4.69, 9.17) is 6.42 Å². The molecule has 0 aliphatic rings. The van der Waals surface area contributed by atoms with Crippen LogP contribution in [0.25, 0.3) is 0 Å². The molecular weight excluding hydrogens is 182 g/mol. The third-order valence-electron chi connectivity index (χ3n) is 2.32. The average molecular weight is 203 g/mol. The van der Waals surface area contributed by atoms with E-state index in [1.807, 2.05) is 33.0 Å². The lowest BCUT2D eigenvalue weighted by atomic mass is 10.1. The molecule has 0 fully saturated rings. The molecule has 0 spiro atoms. The summed E-state index contributed by atoms with van der Waals surface area (Å²) in [6, 6.07) is 0. The van der Waals surface area contributed by atoms with Crippen LogP contribution in [0, 0.1) is 18.3 Å². The van der Waals surface area contributed by atoms with Crippen LogP contribution in [0.3, 0.4) is 0 Å². The van der Waals surface area contributed by atoms with E-state index >= 15 is 0 Å². The Morgan fingerprint density at radius 3 is 2.27 bits per heavy atom. The van der Waals surface area contributed by atoms with Crippen LogP contribution in [0.5, 0.6) is 0 Å². The van der Waals surface area contributed by atoms with E-state index < -0.39 is 0 Å². The Hall–Kier alpha value is -1.42. The monoisotopic (exact) mass is 203 g/mol. The molecule has 1 nitrogen and oxygen atoms in total. The quantitative estimate of drug-likeness (QED) is 0.626. The van der Waals surface area contributed by atoms with Crippen LogP contribution in [-0.4, -0.2) is 4.90 Å². The van der Waals surface area contributed by atoms with E-state index in [1.54, 1.807) is 0 Å². The highest BCUT2D eigenvalue weighted by molar-refractivity contribution is 5.26. The van der Waals surface area contributed by atoms with Gasteiger partial charge in [0, 0.05) is 23.2 Å². The van der Waals surface area contributed by atoms with Gasteiger partial charge >= 0.3 is 0 Å². The molecule has 0 radical (unpaired) electrons. The molecule has 0 aromatic carbocycles. The lowest BCUT2D eigenvalue weighted by Crippen LogP contribution is -2.17. The zero-order valence-electron chi connectivity index (χ0n) is 10.5. The molecule has 0 aliphatic carbocycles. The summed E-state index contributed by atoms with van der Waals surface area (Å²) < 4.78 is 0. The molecule has 0 saturated heterocycles. The van der Waals surface area contributed by atoms with Crippen molar-refractivity contribution in [3.05, 3.63) is 35.8 Å². The molecule has 0 aliphatic heterocycles. The first-order valence-electron chi connectivity index (χ1n) is 5.20. The van der Waals surface area contributed by atoms with Gasteiger partial charge in [-0.15, -0.1) is 6.42 Å². The van der Waals surface area contributed by atoms with Crippen LogP contribution in [-0.2, 0) is 0 Å². The molecule has 0 atom stereocenters. The van der Waals surface area contributed by atoms with Crippen molar-refractivity contribution in [2.24, 2.45) is 5.92 Å². The molecule has 0 aromatic rings. The van der Waals surface area contributed by atoms with Crippen molar-refractivity contribution < 1.29 is 0 Å². The lowest BCUT2D eigenvalue weighted by Gasteiger charge is -2.26. The molecule has 1 heteroatoms. The van der Waals surface area contributed by atoms with Crippen LogP contribution in [0.4, 0.5) is 0 Å². The minimum atomic E-state index is 0.404. The Morgan fingerprint density at radius 2 is 1.93 bits per heavy atom. The Balaban J connectivity index is 5.10. The molecule has 0 rings (SSSR count). The fraction of sp³-hybridized carbons (Fsp3) is 0.429. The van der Waals surface area contributed by atoms with E-state index in [0.717, 1.165) is 17.0 Å². The van der Waals surface area contributed by atoms with Crippen LogP contribution >= 0.6 is 0 Å². The summed E-state index contributed by atoms with van der Waals surface area (Å²) in [5.41, 5.74) is 3.10. The second-order valence-corrected chi connectivity index (χ2v) is 3.90. The Kier molecular flexibility index (Phi) is 5.56. The molecule has 82 valence electrons. The van der Waals surface area contributed by atoms with Crippen LogP contribution in [0.2, 0.25) is 0 Å². The Bertz CT molecular complexity index is 324. The molecular formula is C14H21N. The maximum absolute atomic E-state index is 5.34. The average Bonchev–Trinajstić information content (AvgIpc) is 2.23. The van der Waals surface area contributed by atoms with Crippen LogP contribution in [0.1, 0.15) is 34.6 Å². The van der Waals surface area contributed by atoms with Gasteiger partial charge in [-0.25, -0.2) is 0 Å². The molecule has 0 N–H and O–H groups in total. The third kappa shape index (κ3) is 4.08. The lowest BCUT2D eigenvalue weighted by molar-refractivity contribution is 0.495. The molecule has 0 bridgehead atoms. The number of nitrogens with zero attached hydrogens (tertiary/aromatic N) is 1. The van der Waals surface area contributed by atoms with Crippen LogP contribution < -0.4 is 0 Å². The van der Waals surface area contributed by atoms with Gasteiger partial charge in [-0.05, 0) is 26.7 Å². The van der Waals surface area contributed by atoms with Gasteiger partial charge in [0.2, 0.25) is 0 Å². The second-order valence-electron chi connectivity index (χ2n) is 3.90. The first-order valence-corrected chi connectivity index (χ1v) is 5.20. The highest BCUT2D eigenvalue weighted by atomic mass is 15.1. The van der Waals surface area contributed by atoms with Crippen molar-refractivity contribution in [1.29, 1.82) is 0 Å². The van der Waals surface area contributed by atoms with E-state index in [9.17, 15) is 0 Å². The zero-order valence-corrected chi connectivity index (χ0v) is 10.5. The number of hydrogen-bond donors (Lipinski definition) is 0. The number of rotatable bonds is 4. The molecule has 15 heavy (non-hydrogen) atoms. The maximum Gasteiger partial charge on any atom is 0.0200 e. The van der Waals surface area contributed by atoms with Crippen molar-refractivity contribution in [3.63, 3.8) is 0 Å². The van der Waals surface area contributed by atoms with Crippen molar-refractivity contribution in [1.82, 2.24) is 4.90 Å². The fourth-order valence-corrected chi connectivity index (χ4v) is 1.06. The smallest absolute Gasteiger partial charge is 0.0200 e. The summed E-state index contributed by atoms with van der Waals surface area (Å²) in [4.78, 5) is 2.06. The van der Waals surface area contributed by atoms with Gasteiger partial charge in [0.25, 0.3) is 0 Å². The largest absolute Gasteiger partial charge is 0.325 e. The summed E-state index contributed by atoms with van der Waals surface area (Å²) in [5, 5.41) is 0. The number of allylic oxidation sites excluding steroid dienone is 4. The van der Waals surface area contributed by atoms with Crippen molar-refractivity contribution in [2.45, 2.75) is 34.6 Å². The van der Waals surface area contributed by atoms with Crippen molar-refractivity contribution in [3.8, 4) is 12.3 Å². The predicted molar refractivity (Wildman–Crippen MR) is 67.8 cm³/mol. The van der Waals surface area contributed by atoms with Gasteiger partial charge in [0.05, 0.1) is 0 Å². The molecule has 0 amide bonds. The fourth-order valence-electron chi connectivity index (χ4n) is 1.06. The first kappa shape index (κ1) is 13.6. The Morgan fingerprint density at radius 1 is 1.40 bits per heavy atom. The topological polar surface area (TPSA) is 3.24 Å². The van der Waals surface area contributed by atoms with Crippen LogP contribution in [0.15, 0.2) is 35.8 Å². The minimum absolute atomic E-state index is 0.404. The summed E-state index contributed by atoms with van der Waals surface area (Å²) in [6.07, 6.45) is 9.35. The van der Waals surface area contributed by atoms with Gasteiger partial charge in [-0.1, -0.05) is 32.4 Å². The number of terminal acetylenes is 1. The predicted octanol–water partition coefficient (Wildman–Crippen LogP) is 3.92. The Labute approximate surface area is 94.2 Å². The van der Waals surface area contributed by atoms with Crippen molar-refractivity contribution in [2.75, 3.05) is 0 Å². The van der Waals surface area contributed by atoms with Gasteiger partial charge in [-0.3, -0.25) is 0 Å². The van der Waals surface area contributed by atoms with Crippen molar-refractivity contribution >= 4 is 0 Å². The molecule has 0 saturated carbocycles. The van der Waals surface area contributed by atoms with E-state index in [1.165, 1.54) is 0 Å². The number of hydrogen-bond acceptors (Lipinski definition) is 1. The molecule has 0 heterocycles. The van der Waals surface area contributed by atoms with Gasteiger partial charge in [-0.2, -0.15) is 0 Å². The second kappa shape index (κ2) is 6.14. The minimum Gasteiger partial charge on any atom is -0.325 e. The highest BCUT2D eigenvalue weighted by Gasteiger charge is 2.09. The van der Waals surface area contributed by atoms with Gasteiger partial charge < -0.3 is 4.90 Å². The maximum atomic E-state index is 5.34. The summed E-state index contributed by atoms with van der Waals surface area (Å²) in [5.74, 6) is 3.02. The highest BCUT2D eigenvalue weighted by Crippen LogP contribution is 2.20. The van der Waals surface area contributed by atoms with E-state index in [-0.39, 0.29) is 0 Å². The van der Waals surface area contributed by atoms with E-state index in [0.29, 0.717) is 5.92 Å². The van der Waals surface area contributed by atoms with E-state index in [2.05, 4.69) is 31.2 Å². The standard InChI is InChI=1S/C14H21N/c1-8-12(5)10-15(13(6)9-2)14(7)11(3)4/h1,9-11H,7H2,2-6H3/b12-10-,13-9-. The first-order chi connectivity index (χ1) is 6.93. The molecule has 0 aromatic heterocycles. The summed E-state index contributed by atoms with van der Waals surface area (Å²) >= 11 is 0. The third-order valence-corrected chi connectivity index (χ3v) is 2.32.